The van der Waals surface area contributed by atoms with Gasteiger partial charge in [-0.1, -0.05) is 67.6 Å². The molecule has 1 N–H and O–H groups in total. The van der Waals surface area contributed by atoms with E-state index in [4.69, 9.17) is 4.74 Å². The number of anilines is 2. The van der Waals surface area contributed by atoms with Crippen LogP contribution in [0.15, 0.2) is 72.8 Å². The van der Waals surface area contributed by atoms with E-state index in [9.17, 15) is 19.5 Å². The molecule has 2 aromatic rings. The van der Waals surface area contributed by atoms with E-state index in [0.717, 1.165) is 22.5 Å². The van der Waals surface area contributed by atoms with Crippen LogP contribution >= 0.6 is 0 Å². The molecule has 0 aromatic heterocycles. The van der Waals surface area contributed by atoms with Gasteiger partial charge in [0.05, 0.1) is 17.4 Å². The van der Waals surface area contributed by atoms with Gasteiger partial charge in [-0.2, -0.15) is 0 Å². The highest BCUT2D eigenvalue weighted by Crippen LogP contribution is 2.59. The Bertz CT molecular complexity index is 1430. The maximum absolute atomic E-state index is 14.7. The molecule has 8 nitrogen and oxygen atoms in total. The summed E-state index contributed by atoms with van der Waals surface area (Å²) in [6.45, 7) is 6.95. The average Bonchev–Trinajstić information content (AvgIpc) is 3.27. The van der Waals surface area contributed by atoms with Crippen molar-refractivity contribution in [3.05, 3.63) is 84.0 Å². The van der Waals surface area contributed by atoms with Crippen LogP contribution in [0, 0.1) is 25.7 Å². The highest BCUT2D eigenvalue weighted by molar-refractivity contribution is 6.08. The summed E-state index contributed by atoms with van der Waals surface area (Å²) in [5, 5.41) is 9.50. The third kappa shape index (κ3) is 4.14. The Hall–Kier alpha value is -3.75. The summed E-state index contributed by atoms with van der Waals surface area (Å²) in [5.41, 5.74) is 1.20. The molecule has 42 heavy (non-hydrogen) atoms. The molecule has 2 saturated heterocycles. The average molecular weight is 570 g/mol. The zero-order valence-electron chi connectivity index (χ0n) is 24.5. The van der Waals surface area contributed by atoms with Crippen LogP contribution < -0.4 is 9.80 Å². The maximum Gasteiger partial charge on any atom is 0.253 e. The van der Waals surface area contributed by atoms with Crippen LogP contribution in [0.1, 0.15) is 37.3 Å². The van der Waals surface area contributed by atoms with E-state index in [2.05, 4.69) is 0 Å². The van der Waals surface area contributed by atoms with Gasteiger partial charge >= 0.3 is 0 Å². The summed E-state index contributed by atoms with van der Waals surface area (Å²) in [4.78, 5) is 49.0. The number of fused-ring (bicyclic) bond motifs is 2. The van der Waals surface area contributed by atoms with Crippen molar-refractivity contribution in [1.29, 1.82) is 0 Å². The summed E-state index contributed by atoms with van der Waals surface area (Å²) >= 11 is 0. The Kier molecular flexibility index (Phi) is 7.31. The number of aliphatic hydroxyl groups is 1. The van der Waals surface area contributed by atoms with Gasteiger partial charge in [-0.3, -0.25) is 14.4 Å². The number of nitrogens with zero attached hydrogens (tertiary/aromatic N) is 3. The highest BCUT2D eigenvalue weighted by atomic mass is 16.5. The number of likely N-dealkylation sites (tertiary alicyclic amines) is 1. The smallest absolute Gasteiger partial charge is 0.253 e. The first-order chi connectivity index (χ1) is 20.3. The zero-order valence-corrected chi connectivity index (χ0v) is 24.5. The van der Waals surface area contributed by atoms with Gasteiger partial charge in [-0.25, -0.2) is 0 Å². The second-order valence-electron chi connectivity index (χ2n) is 11.9. The minimum absolute atomic E-state index is 0.00294. The van der Waals surface area contributed by atoms with Crippen molar-refractivity contribution in [2.75, 3.05) is 36.0 Å². The van der Waals surface area contributed by atoms with Crippen molar-refractivity contribution in [3.8, 4) is 0 Å². The summed E-state index contributed by atoms with van der Waals surface area (Å²) in [7, 11) is 0. The molecule has 6 rings (SSSR count). The van der Waals surface area contributed by atoms with Crippen molar-refractivity contribution in [2.45, 2.75) is 57.3 Å². The fourth-order valence-corrected chi connectivity index (χ4v) is 7.67. The molecule has 3 amide bonds. The Morgan fingerprint density at radius 3 is 2.21 bits per heavy atom. The molecule has 4 heterocycles. The van der Waals surface area contributed by atoms with Crippen LogP contribution in [0.5, 0.6) is 0 Å². The van der Waals surface area contributed by atoms with E-state index in [-0.39, 0.29) is 24.3 Å². The van der Waals surface area contributed by atoms with Crippen LogP contribution in [0.2, 0.25) is 0 Å². The molecule has 0 saturated carbocycles. The standard InChI is InChI=1S/C34H39N3O5/c1-4-33-17-11-20-35(25-15-6-5-7-16-25)30(39)26(33)27-31(40)37(19-8-9-22-38)29-32(41)36(21-12-18-34(27,29)42-33)28-23(2)13-10-14-24(28)3/h5-7,10-18,26-27,29,38H,4,8-9,19-22H2,1-3H3/t26-,27+,29?,33+,34+/m1/s1. The third-order valence-electron chi connectivity index (χ3n) is 9.52. The topological polar surface area (TPSA) is 90.4 Å². The van der Waals surface area contributed by atoms with E-state index >= 15 is 0 Å². The number of benzene rings is 2. The number of hydrogen-bond donors (Lipinski definition) is 1. The van der Waals surface area contributed by atoms with Crippen molar-refractivity contribution in [3.63, 3.8) is 0 Å². The monoisotopic (exact) mass is 569 g/mol. The zero-order chi connectivity index (χ0) is 29.6. The number of ether oxygens (including phenoxy) is 1. The van der Waals surface area contributed by atoms with Gasteiger partial charge in [0.1, 0.15) is 11.6 Å². The molecule has 4 aliphatic heterocycles. The van der Waals surface area contributed by atoms with Crippen molar-refractivity contribution in [2.24, 2.45) is 11.8 Å². The van der Waals surface area contributed by atoms with Crippen LogP contribution in [-0.4, -0.2) is 71.2 Å². The first-order valence-corrected chi connectivity index (χ1v) is 15.0. The minimum Gasteiger partial charge on any atom is -0.396 e. The number of hydrogen-bond acceptors (Lipinski definition) is 5. The van der Waals surface area contributed by atoms with E-state index in [1.807, 2.05) is 93.6 Å². The summed E-state index contributed by atoms with van der Waals surface area (Å²) < 4.78 is 7.07. The molecule has 0 bridgehead atoms. The summed E-state index contributed by atoms with van der Waals surface area (Å²) in [5.74, 6) is -2.29. The van der Waals surface area contributed by atoms with Gasteiger partial charge in [-0.05, 0) is 56.4 Å². The molecule has 0 aliphatic carbocycles. The molecule has 2 fully saturated rings. The second-order valence-corrected chi connectivity index (χ2v) is 11.9. The van der Waals surface area contributed by atoms with Crippen molar-refractivity contribution >= 4 is 29.1 Å². The lowest BCUT2D eigenvalue weighted by Crippen LogP contribution is -2.56. The molecular weight excluding hydrogens is 530 g/mol. The fraction of sp³-hybridized carbons (Fsp3) is 0.441. The van der Waals surface area contributed by atoms with Crippen LogP contribution in [0.4, 0.5) is 11.4 Å². The van der Waals surface area contributed by atoms with Crippen molar-refractivity contribution in [1.82, 2.24) is 4.90 Å². The van der Waals surface area contributed by atoms with Gasteiger partial charge in [0.25, 0.3) is 5.91 Å². The second kappa shape index (κ2) is 10.8. The Balaban J connectivity index is 1.49. The number of aryl methyl sites for hydroxylation is 2. The Morgan fingerprint density at radius 2 is 1.52 bits per heavy atom. The molecule has 5 atom stereocenters. The number of para-hydroxylation sites is 2. The molecule has 0 radical (unpaired) electrons. The molecule has 8 heteroatoms. The molecule has 2 aromatic carbocycles. The molecule has 1 spiro atoms. The van der Waals surface area contributed by atoms with Gasteiger partial charge in [-0.15, -0.1) is 0 Å². The van der Waals surface area contributed by atoms with Gasteiger partial charge in [0, 0.05) is 37.6 Å². The minimum atomic E-state index is -1.31. The SMILES string of the molecule is CC[C@]12C=CCN(c3ccccc3)C(=O)[C@H]1[C@H]1C(=O)N(CCCCO)C3C(=O)N(c4c(C)cccc4C)CC=C[C@@]31O2. The van der Waals surface area contributed by atoms with E-state index in [1.165, 1.54) is 0 Å². The predicted molar refractivity (Wildman–Crippen MR) is 161 cm³/mol. The number of rotatable bonds is 7. The number of unbranched alkanes of at least 4 members (excludes halogenated alkanes) is 1. The Labute approximate surface area is 247 Å². The first kappa shape index (κ1) is 28.4. The van der Waals surface area contributed by atoms with E-state index in [0.29, 0.717) is 38.9 Å². The Morgan fingerprint density at radius 1 is 0.833 bits per heavy atom. The maximum atomic E-state index is 14.7. The quantitative estimate of drug-likeness (QED) is 0.403. The molecule has 220 valence electrons. The number of amides is 3. The normalized spacial score (nSPS) is 30.3. The highest BCUT2D eigenvalue weighted by Gasteiger charge is 2.75. The predicted octanol–water partition coefficient (Wildman–Crippen LogP) is 3.94. The summed E-state index contributed by atoms with van der Waals surface area (Å²) in [6, 6.07) is 14.5. The van der Waals surface area contributed by atoms with E-state index < -0.39 is 29.1 Å². The van der Waals surface area contributed by atoms with Crippen LogP contribution in [-0.2, 0) is 19.1 Å². The lowest BCUT2D eigenvalue weighted by molar-refractivity contribution is -0.145. The third-order valence-corrected chi connectivity index (χ3v) is 9.52. The molecular formula is C34H39N3O5. The van der Waals surface area contributed by atoms with Crippen LogP contribution in [0.25, 0.3) is 0 Å². The molecule has 4 aliphatic rings. The first-order valence-electron chi connectivity index (χ1n) is 15.0. The number of carbonyl (C=O) groups is 3. The van der Waals surface area contributed by atoms with Gasteiger partial charge in [0.2, 0.25) is 11.8 Å². The summed E-state index contributed by atoms with van der Waals surface area (Å²) in [6.07, 6.45) is 9.26. The number of aliphatic hydroxyl groups excluding tert-OH is 1. The van der Waals surface area contributed by atoms with Gasteiger partial charge in [0.15, 0.2) is 0 Å². The lowest BCUT2D eigenvalue weighted by atomic mass is 9.73. The van der Waals surface area contributed by atoms with Crippen LogP contribution in [0.3, 0.4) is 0 Å². The molecule has 1 unspecified atom stereocenters. The largest absolute Gasteiger partial charge is 0.396 e. The lowest BCUT2D eigenvalue weighted by Gasteiger charge is -2.38. The van der Waals surface area contributed by atoms with Gasteiger partial charge < -0.3 is 24.5 Å². The van der Waals surface area contributed by atoms with Crippen molar-refractivity contribution < 1.29 is 24.2 Å². The number of carbonyl (C=O) groups excluding carboxylic acids is 3. The fourth-order valence-electron chi connectivity index (χ4n) is 7.67. The van der Waals surface area contributed by atoms with E-state index in [1.54, 1.807) is 14.7 Å².